The molecule has 3 aromatic rings. The Morgan fingerprint density at radius 3 is 2.68 bits per heavy atom. The molecule has 0 atom stereocenters. The summed E-state index contributed by atoms with van der Waals surface area (Å²) in [6.07, 6.45) is 3.34. The minimum absolute atomic E-state index is 0.594. The smallest absolute Gasteiger partial charge is 0.246 e. The molecule has 0 saturated carbocycles. The minimum Gasteiger partial charge on any atom is -0.497 e. The van der Waals surface area contributed by atoms with Gasteiger partial charge >= 0.3 is 0 Å². The van der Waals surface area contributed by atoms with Gasteiger partial charge in [0, 0.05) is 12.6 Å². The molecule has 1 aromatic carbocycles. The van der Waals surface area contributed by atoms with E-state index in [2.05, 4.69) is 9.97 Å². The van der Waals surface area contributed by atoms with Crippen molar-refractivity contribution in [3.63, 3.8) is 0 Å². The van der Waals surface area contributed by atoms with Gasteiger partial charge in [0.25, 0.3) is 0 Å². The zero-order valence-electron chi connectivity index (χ0n) is 12.7. The van der Waals surface area contributed by atoms with E-state index in [4.69, 9.17) is 13.9 Å². The number of aryl methyl sites for hydroxylation is 2. The van der Waals surface area contributed by atoms with Crippen molar-refractivity contribution >= 4 is 11.2 Å². The molecule has 0 saturated heterocycles. The van der Waals surface area contributed by atoms with Gasteiger partial charge in [-0.1, -0.05) is 0 Å². The van der Waals surface area contributed by atoms with Gasteiger partial charge < -0.3 is 13.9 Å². The molecule has 114 valence electrons. The summed E-state index contributed by atoms with van der Waals surface area (Å²) >= 11 is 0. The third kappa shape index (κ3) is 3.36. The second-order valence-corrected chi connectivity index (χ2v) is 5.07. The third-order valence-corrected chi connectivity index (χ3v) is 3.29. The molecule has 0 aliphatic heterocycles. The van der Waals surface area contributed by atoms with Crippen LogP contribution >= 0.6 is 0 Å². The Kier molecular flexibility index (Phi) is 4.23. The second-order valence-electron chi connectivity index (χ2n) is 5.07. The lowest BCUT2D eigenvalue weighted by Crippen LogP contribution is -1.99. The Balaban J connectivity index is 1.51. The van der Waals surface area contributed by atoms with Crippen LogP contribution in [0.15, 0.2) is 40.9 Å². The Bertz CT molecular complexity index is 750. The summed E-state index contributed by atoms with van der Waals surface area (Å²) < 4.78 is 16.4. The first kappa shape index (κ1) is 14.4. The Morgan fingerprint density at radius 1 is 1.14 bits per heavy atom. The first-order valence-electron chi connectivity index (χ1n) is 7.23. The molecular weight excluding hydrogens is 280 g/mol. The SMILES string of the molecule is COc1ccc(OCCCc2nc3cc(C)cnc3o2)cc1. The lowest BCUT2D eigenvalue weighted by Gasteiger charge is -2.06. The van der Waals surface area contributed by atoms with Gasteiger partial charge in [0.1, 0.15) is 17.0 Å². The summed E-state index contributed by atoms with van der Waals surface area (Å²) in [6, 6.07) is 9.52. The first-order valence-corrected chi connectivity index (χ1v) is 7.23. The number of hydrogen-bond donors (Lipinski definition) is 0. The third-order valence-electron chi connectivity index (χ3n) is 3.29. The number of nitrogens with zero attached hydrogens (tertiary/aromatic N) is 2. The first-order chi connectivity index (χ1) is 10.7. The van der Waals surface area contributed by atoms with Crippen LogP contribution in [0.1, 0.15) is 17.9 Å². The zero-order chi connectivity index (χ0) is 15.4. The molecule has 0 fully saturated rings. The molecule has 2 heterocycles. The molecule has 0 bridgehead atoms. The van der Waals surface area contributed by atoms with Gasteiger partial charge in [0.15, 0.2) is 5.89 Å². The maximum Gasteiger partial charge on any atom is 0.246 e. The van der Waals surface area contributed by atoms with E-state index in [1.807, 2.05) is 37.3 Å². The van der Waals surface area contributed by atoms with Crippen molar-refractivity contribution in [2.45, 2.75) is 19.8 Å². The number of pyridine rings is 1. The minimum atomic E-state index is 0.594. The van der Waals surface area contributed by atoms with Crippen molar-refractivity contribution in [1.82, 2.24) is 9.97 Å². The van der Waals surface area contributed by atoms with Crippen LogP contribution in [0.3, 0.4) is 0 Å². The van der Waals surface area contributed by atoms with Gasteiger partial charge in [-0.25, -0.2) is 9.97 Å². The lowest BCUT2D eigenvalue weighted by atomic mass is 10.3. The van der Waals surface area contributed by atoms with Crippen LogP contribution in [0.4, 0.5) is 0 Å². The standard InChI is InChI=1S/C17H18N2O3/c1-12-10-15-17(18-11-12)22-16(19-15)4-3-9-21-14-7-5-13(20-2)6-8-14/h5-8,10-11H,3-4,9H2,1-2H3. The van der Waals surface area contributed by atoms with Crippen LogP contribution in [0, 0.1) is 6.92 Å². The van der Waals surface area contributed by atoms with E-state index in [0.29, 0.717) is 18.2 Å². The molecule has 22 heavy (non-hydrogen) atoms. The number of benzene rings is 1. The lowest BCUT2D eigenvalue weighted by molar-refractivity contribution is 0.305. The second kappa shape index (κ2) is 6.47. The maximum absolute atomic E-state index is 5.68. The molecule has 0 aliphatic rings. The summed E-state index contributed by atoms with van der Waals surface area (Å²) in [7, 11) is 1.65. The fourth-order valence-corrected chi connectivity index (χ4v) is 2.16. The largest absolute Gasteiger partial charge is 0.497 e. The number of aromatic nitrogens is 2. The van der Waals surface area contributed by atoms with Crippen molar-refractivity contribution in [2.75, 3.05) is 13.7 Å². The van der Waals surface area contributed by atoms with Gasteiger partial charge in [-0.3, -0.25) is 0 Å². The predicted octanol–water partition coefficient (Wildman–Crippen LogP) is 3.55. The van der Waals surface area contributed by atoms with Crippen molar-refractivity contribution < 1.29 is 13.9 Å². The summed E-state index contributed by atoms with van der Waals surface area (Å²) in [5.41, 5.74) is 2.48. The maximum atomic E-state index is 5.68. The number of hydrogen-bond acceptors (Lipinski definition) is 5. The highest BCUT2D eigenvalue weighted by atomic mass is 16.5. The molecule has 0 radical (unpaired) electrons. The van der Waals surface area contributed by atoms with Gasteiger partial charge in [-0.15, -0.1) is 0 Å². The molecule has 0 amide bonds. The van der Waals surface area contributed by atoms with Gasteiger partial charge in [-0.05, 0) is 49.2 Å². The van der Waals surface area contributed by atoms with Gasteiger partial charge in [0.2, 0.25) is 5.71 Å². The molecular formula is C17H18N2O3. The van der Waals surface area contributed by atoms with Crippen molar-refractivity contribution in [3.05, 3.63) is 48.0 Å². The van der Waals surface area contributed by atoms with Crippen molar-refractivity contribution in [1.29, 1.82) is 0 Å². The summed E-state index contributed by atoms with van der Waals surface area (Å²) in [5.74, 6) is 2.35. The van der Waals surface area contributed by atoms with E-state index in [0.717, 1.165) is 35.4 Å². The van der Waals surface area contributed by atoms with Crippen molar-refractivity contribution in [3.8, 4) is 11.5 Å². The molecule has 0 unspecified atom stereocenters. The fraction of sp³-hybridized carbons (Fsp3) is 0.294. The fourth-order valence-electron chi connectivity index (χ4n) is 2.16. The average molecular weight is 298 g/mol. The molecule has 5 heteroatoms. The number of oxazole rings is 1. The number of fused-ring (bicyclic) bond motifs is 1. The quantitative estimate of drug-likeness (QED) is 0.651. The summed E-state index contributed by atoms with van der Waals surface area (Å²) in [6.45, 7) is 2.60. The molecule has 0 N–H and O–H groups in total. The highest BCUT2D eigenvalue weighted by Crippen LogP contribution is 2.18. The van der Waals surface area contributed by atoms with Crippen LogP contribution in [-0.4, -0.2) is 23.7 Å². The topological polar surface area (TPSA) is 57.4 Å². The van der Waals surface area contributed by atoms with E-state index in [1.165, 1.54) is 0 Å². The number of rotatable bonds is 6. The van der Waals surface area contributed by atoms with Crippen LogP contribution in [0.25, 0.3) is 11.2 Å². The molecule has 2 aromatic heterocycles. The Hall–Kier alpha value is -2.56. The van der Waals surface area contributed by atoms with Gasteiger partial charge in [-0.2, -0.15) is 0 Å². The average Bonchev–Trinajstić information content (AvgIpc) is 2.94. The van der Waals surface area contributed by atoms with E-state index < -0.39 is 0 Å². The predicted molar refractivity (Wildman–Crippen MR) is 83.4 cm³/mol. The molecule has 0 aliphatic carbocycles. The van der Waals surface area contributed by atoms with Crippen LogP contribution < -0.4 is 9.47 Å². The van der Waals surface area contributed by atoms with E-state index in [9.17, 15) is 0 Å². The summed E-state index contributed by atoms with van der Waals surface area (Å²) in [5, 5.41) is 0. The van der Waals surface area contributed by atoms with Crippen molar-refractivity contribution in [2.24, 2.45) is 0 Å². The monoisotopic (exact) mass is 298 g/mol. The highest BCUT2D eigenvalue weighted by Gasteiger charge is 2.07. The highest BCUT2D eigenvalue weighted by molar-refractivity contribution is 5.68. The Labute approximate surface area is 128 Å². The Morgan fingerprint density at radius 2 is 1.91 bits per heavy atom. The van der Waals surface area contributed by atoms with E-state index in [-0.39, 0.29) is 0 Å². The molecule has 5 nitrogen and oxygen atoms in total. The van der Waals surface area contributed by atoms with Gasteiger partial charge in [0.05, 0.1) is 13.7 Å². The zero-order valence-corrected chi connectivity index (χ0v) is 12.7. The van der Waals surface area contributed by atoms with E-state index >= 15 is 0 Å². The number of ether oxygens (including phenoxy) is 2. The summed E-state index contributed by atoms with van der Waals surface area (Å²) in [4.78, 5) is 8.66. The van der Waals surface area contributed by atoms with Crippen LogP contribution in [-0.2, 0) is 6.42 Å². The molecule has 3 rings (SSSR count). The van der Waals surface area contributed by atoms with Crippen LogP contribution in [0.5, 0.6) is 11.5 Å². The van der Waals surface area contributed by atoms with E-state index in [1.54, 1.807) is 13.3 Å². The van der Waals surface area contributed by atoms with Crippen LogP contribution in [0.2, 0.25) is 0 Å². The normalized spacial score (nSPS) is 10.8. The number of methoxy groups -OCH3 is 1. The molecule has 0 spiro atoms.